The van der Waals surface area contributed by atoms with Gasteiger partial charge < -0.3 is 9.47 Å². The first kappa shape index (κ1) is 20.8. The summed E-state index contributed by atoms with van der Waals surface area (Å²) in [6.45, 7) is 2.28. The SMILES string of the molecule is C[C@@H](COc1ccc([N+](=O)[O-])cc1)OC=C1CC=Cc2c1c1ccccc1c1ccccc21. The van der Waals surface area contributed by atoms with Crippen LogP contribution in [0.5, 0.6) is 5.75 Å². The lowest BCUT2D eigenvalue weighted by Gasteiger charge is -2.21. The molecule has 1 atom stereocenters. The van der Waals surface area contributed by atoms with Crippen molar-refractivity contribution in [3.05, 3.63) is 106 Å². The second kappa shape index (κ2) is 8.79. The minimum atomic E-state index is -0.426. The normalized spacial score (nSPS) is 14.9. The molecule has 5 heteroatoms. The van der Waals surface area contributed by atoms with Crippen molar-refractivity contribution in [2.24, 2.45) is 0 Å². The first-order chi connectivity index (χ1) is 16.1. The zero-order valence-electron chi connectivity index (χ0n) is 18.2. The van der Waals surface area contributed by atoms with Gasteiger partial charge >= 0.3 is 0 Å². The number of ether oxygens (including phenoxy) is 2. The van der Waals surface area contributed by atoms with Gasteiger partial charge in [-0.05, 0) is 63.7 Å². The van der Waals surface area contributed by atoms with Crippen LogP contribution < -0.4 is 4.74 Å². The van der Waals surface area contributed by atoms with Gasteiger partial charge in [-0.25, -0.2) is 0 Å². The van der Waals surface area contributed by atoms with E-state index in [-0.39, 0.29) is 11.8 Å². The first-order valence-corrected chi connectivity index (χ1v) is 10.9. The van der Waals surface area contributed by atoms with Crippen LogP contribution in [0.1, 0.15) is 24.5 Å². The number of nitro benzene ring substituents is 1. The molecule has 0 saturated carbocycles. The van der Waals surface area contributed by atoms with Crippen molar-refractivity contribution in [1.29, 1.82) is 0 Å². The van der Waals surface area contributed by atoms with Crippen LogP contribution >= 0.6 is 0 Å². The fourth-order valence-electron chi connectivity index (χ4n) is 4.32. The molecule has 0 bridgehead atoms. The summed E-state index contributed by atoms with van der Waals surface area (Å²) >= 11 is 0. The Morgan fingerprint density at radius 3 is 2.27 bits per heavy atom. The summed E-state index contributed by atoms with van der Waals surface area (Å²) in [6.07, 6.45) is 6.85. The molecule has 1 aliphatic carbocycles. The fraction of sp³-hybridized carbons (Fsp3) is 0.143. The van der Waals surface area contributed by atoms with E-state index in [9.17, 15) is 10.1 Å². The van der Waals surface area contributed by atoms with E-state index in [4.69, 9.17) is 9.47 Å². The first-order valence-electron chi connectivity index (χ1n) is 10.9. The number of nitro groups is 1. The molecule has 1 aliphatic rings. The van der Waals surface area contributed by atoms with Crippen molar-refractivity contribution in [3.63, 3.8) is 0 Å². The van der Waals surface area contributed by atoms with Gasteiger partial charge in [-0.3, -0.25) is 10.1 Å². The maximum atomic E-state index is 10.8. The molecule has 0 unspecified atom stereocenters. The summed E-state index contributed by atoms with van der Waals surface area (Å²) < 4.78 is 11.8. The molecule has 0 spiro atoms. The van der Waals surface area contributed by atoms with Crippen molar-refractivity contribution < 1.29 is 14.4 Å². The molecule has 5 rings (SSSR count). The number of hydrogen-bond donors (Lipinski definition) is 0. The molecule has 0 amide bonds. The van der Waals surface area contributed by atoms with Crippen molar-refractivity contribution in [2.45, 2.75) is 19.4 Å². The average Bonchev–Trinajstić information content (AvgIpc) is 2.86. The summed E-state index contributed by atoms with van der Waals surface area (Å²) in [4.78, 5) is 10.4. The molecular formula is C28H23NO4. The molecule has 0 aromatic heterocycles. The van der Waals surface area contributed by atoms with E-state index < -0.39 is 4.92 Å². The van der Waals surface area contributed by atoms with Crippen LogP contribution in [0.15, 0.2) is 85.1 Å². The summed E-state index contributed by atoms with van der Waals surface area (Å²) in [5.41, 5.74) is 3.62. The van der Waals surface area contributed by atoms with Crippen LogP contribution in [-0.4, -0.2) is 17.6 Å². The number of benzene rings is 4. The average molecular weight is 437 g/mol. The standard InChI is InChI=1S/C28H23NO4/c1-19(17-33-22-15-13-21(14-16-22)29(30)31)32-18-20-7-6-12-27-25-9-3-2-8-23(25)24-10-4-5-11-26(24)28(20)27/h2-6,8-16,18-19H,7,17H2,1H3/t19-/m0/s1. The summed E-state index contributed by atoms with van der Waals surface area (Å²) in [5.74, 6) is 0.576. The van der Waals surface area contributed by atoms with E-state index in [0.29, 0.717) is 12.4 Å². The molecule has 4 aromatic rings. The monoisotopic (exact) mass is 437 g/mol. The highest BCUT2D eigenvalue weighted by atomic mass is 16.6. The zero-order valence-corrected chi connectivity index (χ0v) is 18.2. The molecule has 0 saturated heterocycles. The lowest BCUT2D eigenvalue weighted by molar-refractivity contribution is -0.384. The lowest BCUT2D eigenvalue weighted by Crippen LogP contribution is -2.16. The van der Waals surface area contributed by atoms with Crippen molar-refractivity contribution >= 4 is 38.9 Å². The highest BCUT2D eigenvalue weighted by Gasteiger charge is 2.18. The molecule has 0 N–H and O–H groups in total. The van der Waals surface area contributed by atoms with Crippen molar-refractivity contribution in [3.8, 4) is 5.75 Å². The highest BCUT2D eigenvalue weighted by Crippen LogP contribution is 2.40. The van der Waals surface area contributed by atoms with Gasteiger partial charge in [0.15, 0.2) is 0 Å². The third-order valence-corrected chi connectivity index (χ3v) is 5.89. The molecule has 0 aliphatic heterocycles. The Hall–Kier alpha value is -4.12. The minimum absolute atomic E-state index is 0.0418. The molecule has 164 valence electrons. The molecule has 0 heterocycles. The van der Waals surface area contributed by atoms with Gasteiger partial charge in [0.25, 0.3) is 5.69 Å². The zero-order chi connectivity index (χ0) is 22.8. The summed E-state index contributed by atoms with van der Waals surface area (Å²) in [7, 11) is 0. The fourth-order valence-corrected chi connectivity index (χ4v) is 4.32. The van der Waals surface area contributed by atoms with E-state index >= 15 is 0 Å². The van der Waals surface area contributed by atoms with Crippen molar-refractivity contribution in [1.82, 2.24) is 0 Å². The molecule has 4 aromatic carbocycles. The van der Waals surface area contributed by atoms with E-state index in [1.807, 2.05) is 13.2 Å². The van der Waals surface area contributed by atoms with Crippen molar-refractivity contribution in [2.75, 3.05) is 6.61 Å². The Morgan fingerprint density at radius 1 is 0.939 bits per heavy atom. The van der Waals surface area contributed by atoms with Crippen LogP contribution in [0.4, 0.5) is 5.69 Å². The number of non-ortho nitro benzene ring substituents is 1. The maximum Gasteiger partial charge on any atom is 0.269 e. The van der Waals surface area contributed by atoms with Crippen LogP contribution in [0.2, 0.25) is 0 Å². The van der Waals surface area contributed by atoms with Gasteiger partial charge in [0.05, 0.1) is 11.2 Å². The molecule has 0 radical (unpaired) electrons. The number of rotatable bonds is 6. The smallest absolute Gasteiger partial charge is 0.269 e. The molecular weight excluding hydrogens is 414 g/mol. The van der Waals surface area contributed by atoms with E-state index in [2.05, 4.69) is 60.7 Å². The van der Waals surface area contributed by atoms with Gasteiger partial charge in [0.2, 0.25) is 0 Å². The van der Waals surface area contributed by atoms with Crippen LogP contribution in [-0.2, 0) is 4.74 Å². The van der Waals surface area contributed by atoms with E-state index in [0.717, 1.165) is 12.0 Å². The van der Waals surface area contributed by atoms with Gasteiger partial charge in [-0.2, -0.15) is 0 Å². The van der Waals surface area contributed by atoms with Crippen LogP contribution in [0, 0.1) is 10.1 Å². The third-order valence-electron chi connectivity index (χ3n) is 5.89. The Labute approximate surface area is 191 Å². The second-order valence-corrected chi connectivity index (χ2v) is 8.14. The van der Waals surface area contributed by atoms with Gasteiger partial charge in [-0.1, -0.05) is 60.7 Å². The Balaban J connectivity index is 1.39. The van der Waals surface area contributed by atoms with E-state index in [1.54, 1.807) is 12.1 Å². The maximum absolute atomic E-state index is 10.8. The van der Waals surface area contributed by atoms with Gasteiger partial charge in [0.1, 0.15) is 18.5 Å². The Morgan fingerprint density at radius 2 is 1.58 bits per heavy atom. The van der Waals surface area contributed by atoms with Crippen LogP contribution in [0.3, 0.4) is 0 Å². The van der Waals surface area contributed by atoms with Crippen LogP contribution in [0.25, 0.3) is 33.2 Å². The molecule has 5 nitrogen and oxygen atoms in total. The highest BCUT2D eigenvalue weighted by molar-refractivity contribution is 6.16. The largest absolute Gasteiger partial charge is 0.494 e. The van der Waals surface area contributed by atoms with Gasteiger partial charge in [0, 0.05) is 12.1 Å². The Bertz CT molecular complexity index is 1400. The summed E-state index contributed by atoms with van der Waals surface area (Å²) in [5, 5.41) is 15.7. The minimum Gasteiger partial charge on any atom is -0.494 e. The third kappa shape index (κ3) is 4.05. The topological polar surface area (TPSA) is 61.6 Å². The quantitative estimate of drug-likeness (QED) is 0.139. The van der Waals surface area contributed by atoms with Gasteiger partial charge in [-0.15, -0.1) is 0 Å². The number of fused-ring (bicyclic) bond motifs is 6. The predicted octanol–water partition coefficient (Wildman–Crippen LogP) is 7.14. The number of hydrogen-bond acceptors (Lipinski definition) is 4. The van der Waals surface area contributed by atoms with E-state index in [1.165, 1.54) is 44.8 Å². The molecule has 33 heavy (non-hydrogen) atoms. The number of nitrogens with zero attached hydrogens (tertiary/aromatic N) is 1. The predicted molar refractivity (Wildman–Crippen MR) is 132 cm³/mol. The Kier molecular flexibility index (Phi) is 5.53. The summed E-state index contributed by atoms with van der Waals surface area (Å²) in [6, 6.07) is 23.1. The molecule has 0 fully saturated rings. The lowest BCUT2D eigenvalue weighted by atomic mass is 9.84. The second-order valence-electron chi connectivity index (χ2n) is 8.14. The number of allylic oxidation sites excluding steroid dienone is 2.